The van der Waals surface area contributed by atoms with Crippen molar-refractivity contribution < 1.29 is 18.8 Å². The Balaban J connectivity index is 1.92. The van der Waals surface area contributed by atoms with E-state index in [0.717, 1.165) is 0 Å². The van der Waals surface area contributed by atoms with Gasteiger partial charge in [0.25, 0.3) is 11.7 Å². The lowest BCUT2D eigenvalue weighted by Crippen LogP contribution is -2.29. The number of aromatic nitrogens is 1. The monoisotopic (exact) mass is 306 g/mol. The first-order valence-electron chi connectivity index (χ1n) is 6.20. The summed E-state index contributed by atoms with van der Waals surface area (Å²) < 4.78 is 10.00. The van der Waals surface area contributed by atoms with Gasteiger partial charge in [-0.3, -0.25) is 14.5 Å². The number of ketones is 1. The van der Waals surface area contributed by atoms with Crippen molar-refractivity contribution in [2.75, 3.05) is 12.0 Å². The molecule has 0 saturated carbocycles. The fourth-order valence-electron chi connectivity index (χ4n) is 2.27. The van der Waals surface area contributed by atoms with Crippen LogP contribution in [-0.2, 0) is 22.7 Å². The van der Waals surface area contributed by atoms with Gasteiger partial charge < -0.3 is 9.26 Å². The van der Waals surface area contributed by atoms with Gasteiger partial charge in [-0.2, -0.15) is 0 Å². The summed E-state index contributed by atoms with van der Waals surface area (Å²) in [6, 6.07) is 6.54. The van der Waals surface area contributed by atoms with Crippen molar-refractivity contribution >= 4 is 29.0 Å². The zero-order valence-electron chi connectivity index (χ0n) is 11.1. The average molecular weight is 307 g/mol. The quantitative estimate of drug-likeness (QED) is 0.810. The smallest absolute Gasteiger partial charge is 0.299 e. The predicted molar refractivity (Wildman–Crippen MR) is 74.2 cm³/mol. The van der Waals surface area contributed by atoms with Gasteiger partial charge in [-0.15, -0.1) is 0 Å². The van der Waals surface area contributed by atoms with Crippen LogP contribution in [0.15, 0.2) is 28.8 Å². The van der Waals surface area contributed by atoms with E-state index >= 15 is 0 Å². The van der Waals surface area contributed by atoms with Gasteiger partial charge in [0, 0.05) is 13.2 Å². The van der Waals surface area contributed by atoms with E-state index in [9.17, 15) is 9.59 Å². The van der Waals surface area contributed by atoms with Crippen LogP contribution >= 0.6 is 11.6 Å². The number of anilines is 1. The van der Waals surface area contributed by atoms with Crippen molar-refractivity contribution in [3.05, 3.63) is 46.3 Å². The number of halogens is 1. The van der Waals surface area contributed by atoms with E-state index < -0.39 is 11.7 Å². The van der Waals surface area contributed by atoms with E-state index in [1.54, 1.807) is 31.4 Å². The number of methoxy groups -OCH3 is 1. The molecular weight excluding hydrogens is 296 g/mol. The third kappa shape index (κ3) is 2.32. The Morgan fingerprint density at radius 2 is 2.19 bits per heavy atom. The highest BCUT2D eigenvalue weighted by atomic mass is 35.5. The van der Waals surface area contributed by atoms with Crippen molar-refractivity contribution in [1.82, 2.24) is 5.16 Å². The minimum atomic E-state index is -0.616. The molecule has 21 heavy (non-hydrogen) atoms. The molecule has 1 aromatic carbocycles. The molecule has 108 valence electrons. The molecule has 3 rings (SSSR count). The third-order valence-electron chi connectivity index (χ3n) is 3.16. The average Bonchev–Trinajstić information content (AvgIpc) is 3.00. The zero-order chi connectivity index (χ0) is 15.0. The van der Waals surface area contributed by atoms with Gasteiger partial charge >= 0.3 is 0 Å². The lowest BCUT2D eigenvalue weighted by molar-refractivity contribution is -0.114. The van der Waals surface area contributed by atoms with E-state index in [1.165, 1.54) is 4.90 Å². The minimum Gasteiger partial charge on any atom is -0.377 e. The van der Waals surface area contributed by atoms with Gasteiger partial charge in [0.05, 0.1) is 22.8 Å². The number of hydrogen-bond acceptors (Lipinski definition) is 5. The SMILES string of the molecule is COCc1cc(CN2C(=O)C(=O)c3cccc(Cl)c32)no1. The van der Waals surface area contributed by atoms with Gasteiger partial charge in [-0.25, -0.2) is 0 Å². The predicted octanol–water partition coefficient (Wildman–Crippen LogP) is 2.20. The number of benzene rings is 1. The van der Waals surface area contributed by atoms with Crippen LogP contribution in [0.3, 0.4) is 0 Å². The summed E-state index contributed by atoms with van der Waals surface area (Å²) in [5, 5.41) is 4.21. The lowest BCUT2D eigenvalue weighted by Gasteiger charge is -2.15. The highest BCUT2D eigenvalue weighted by Crippen LogP contribution is 2.36. The number of nitrogens with zero attached hydrogens (tertiary/aromatic N) is 2. The van der Waals surface area contributed by atoms with E-state index in [2.05, 4.69) is 5.16 Å². The Bertz CT molecular complexity index is 726. The van der Waals surface area contributed by atoms with Crippen LogP contribution in [0.25, 0.3) is 0 Å². The summed E-state index contributed by atoms with van der Waals surface area (Å²) in [7, 11) is 1.54. The van der Waals surface area contributed by atoms with E-state index in [4.69, 9.17) is 20.9 Å². The molecule has 2 aromatic rings. The van der Waals surface area contributed by atoms with Crippen molar-refractivity contribution in [2.24, 2.45) is 0 Å². The molecule has 0 aliphatic carbocycles. The number of hydrogen-bond donors (Lipinski definition) is 0. The van der Waals surface area contributed by atoms with Crippen LogP contribution in [0.1, 0.15) is 21.8 Å². The number of ether oxygens (including phenoxy) is 1. The first-order valence-corrected chi connectivity index (χ1v) is 6.57. The van der Waals surface area contributed by atoms with E-state index in [-0.39, 0.29) is 13.2 Å². The highest BCUT2D eigenvalue weighted by molar-refractivity contribution is 6.54. The molecule has 0 bridgehead atoms. The minimum absolute atomic E-state index is 0.120. The standard InChI is InChI=1S/C14H11ClN2O4/c1-20-7-9-5-8(16-21-9)6-17-12-10(13(18)14(17)19)3-2-4-11(12)15/h2-5H,6-7H2,1H3. The summed E-state index contributed by atoms with van der Waals surface area (Å²) in [5.41, 5.74) is 1.26. The Labute approximate surface area is 125 Å². The van der Waals surface area contributed by atoms with Gasteiger partial charge in [0.1, 0.15) is 12.3 Å². The summed E-state index contributed by atoms with van der Waals surface area (Å²) in [4.78, 5) is 25.3. The van der Waals surface area contributed by atoms with Gasteiger partial charge in [0.2, 0.25) is 0 Å². The van der Waals surface area contributed by atoms with Gasteiger partial charge in [-0.05, 0) is 12.1 Å². The molecule has 0 unspecified atom stereocenters. The van der Waals surface area contributed by atoms with Crippen LogP contribution in [0.4, 0.5) is 5.69 Å². The van der Waals surface area contributed by atoms with Crippen molar-refractivity contribution in [2.45, 2.75) is 13.2 Å². The second-order valence-electron chi connectivity index (χ2n) is 4.57. The molecule has 0 radical (unpaired) electrons. The molecule has 0 spiro atoms. The highest BCUT2D eigenvalue weighted by Gasteiger charge is 2.37. The summed E-state index contributed by atoms with van der Waals surface area (Å²) >= 11 is 6.11. The number of amides is 1. The molecule has 0 atom stereocenters. The molecule has 0 N–H and O–H groups in total. The summed E-state index contributed by atoms with van der Waals surface area (Å²) in [5.74, 6) is -0.632. The van der Waals surface area contributed by atoms with Crippen molar-refractivity contribution in [1.29, 1.82) is 0 Å². The van der Waals surface area contributed by atoms with E-state index in [0.29, 0.717) is 27.7 Å². The zero-order valence-corrected chi connectivity index (χ0v) is 11.9. The molecular formula is C14H11ClN2O4. The number of carbonyl (C=O) groups excluding carboxylic acids is 2. The van der Waals surface area contributed by atoms with Crippen LogP contribution in [-0.4, -0.2) is 24.0 Å². The molecule has 0 saturated heterocycles. The van der Waals surface area contributed by atoms with Crippen LogP contribution in [0.2, 0.25) is 5.02 Å². The largest absolute Gasteiger partial charge is 0.377 e. The Morgan fingerprint density at radius 1 is 1.38 bits per heavy atom. The molecule has 0 fully saturated rings. The molecule has 6 nitrogen and oxygen atoms in total. The topological polar surface area (TPSA) is 72.6 Å². The third-order valence-corrected chi connectivity index (χ3v) is 3.46. The van der Waals surface area contributed by atoms with E-state index in [1.807, 2.05) is 0 Å². The second kappa shape index (κ2) is 5.31. The molecule has 2 heterocycles. The Morgan fingerprint density at radius 3 is 2.95 bits per heavy atom. The maximum Gasteiger partial charge on any atom is 0.299 e. The molecule has 1 aliphatic heterocycles. The Kier molecular flexibility index (Phi) is 3.48. The van der Waals surface area contributed by atoms with Crippen LogP contribution in [0, 0.1) is 0 Å². The normalized spacial score (nSPS) is 13.9. The summed E-state index contributed by atoms with van der Waals surface area (Å²) in [6.45, 7) is 0.408. The first kappa shape index (κ1) is 13.8. The Hall–Kier alpha value is -2.18. The van der Waals surface area contributed by atoms with Gasteiger partial charge in [-0.1, -0.05) is 22.8 Å². The lowest BCUT2D eigenvalue weighted by atomic mass is 10.1. The van der Waals surface area contributed by atoms with Gasteiger partial charge in [0.15, 0.2) is 5.76 Å². The fourth-order valence-corrected chi connectivity index (χ4v) is 2.54. The van der Waals surface area contributed by atoms with Crippen molar-refractivity contribution in [3.8, 4) is 0 Å². The molecule has 1 amide bonds. The second-order valence-corrected chi connectivity index (χ2v) is 4.98. The molecule has 1 aromatic heterocycles. The van der Waals surface area contributed by atoms with Crippen LogP contribution in [0.5, 0.6) is 0 Å². The number of carbonyl (C=O) groups is 2. The maximum atomic E-state index is 12.1. The number of para-hydroxylation sites is 1. The maximum absolute atomic E-state index is 12.1. The number of Topliss-reactive ketones (excluding diaryl/α,β-unsaturated/α-hetero) is 1. The first-order chi connectivity index (χ1) is 10.1. The number of rotatable bonds is 4. The van der Waals surface area contributed by atoms with Crippen molar-refractivity contribution in [3.63, 3.8) is 0 Å². The molecule has 7 heteroatoms. The summed E-state index contributed by atoms with van der Waals surface area (Å²) in [6.07, 6.45) is 0. The molecule has 1 aliphatic rings. The fraction of sp³-hybridized carbons (Fsp3) is 0.214. The van der Waals surface area contributed by atoms with Crippen LogP contribution < -0.4 is 4.90 Å². The number of fused-ring (bicyclic) bond motifs is 1.